The zero-order valence-corrected chi connectivity index (χ0v) is 19.1. The zero-order valence-electron chi connectivity index (χ0n) is 16.7. The minimum Gasteiger partial charge on any atom is -0.325 e. The van der Waals surface area contributed by atoms with Gasteiger partial charge < -0.3 is 5.32 Å². The number of amides is 1. The number of halogens is 1. The Morgan fingerprint density at radius 3 is 2.66 bits per heavy atom. The molecular weight excluding hydrogens is 448 g/mol. The highest BCUT2D eigenvalue weighted by Gasteiger charge is 2.16. The van der Waals surface area contributed by atoms with Crippen LogP contribution in [0, 0.1) is 20.8 Å². The Morgan fingerprint density at radius 1 is 1.17 bits per heavy atom. The van der Waals surface area contributed by atoms with Crippen LogP contribution in [-0.4, -0.2) is 26.4 Å². The highest BCUT2D eigenvalue weighted by molar-refractivity contribution is 9.10. The van der Waals surface area contributed by atoms with Crippen molar-refractivity contribution < 1.29 is 4.79 Å². The van der Waals surface area contributed by atoms with Crippen molar-refractivity contribution in [3.8, 4) is 11.4 Å². The predicted octanol–water partition coefficient (Wildman–Crippen LogP) is 5.55. The second kappa shape index (κ2) is 9.41. The Kier molecular flexibility index (Phi) is 6.92. The van der Waals surface area contributed by atoms with Gasteiger partial charge in [0.15, 0.2) is 11.0 Å². The molecule has 1 amide bonds. The lowest BCUT2D eigenvalue weighted by Crippen LogP contribution is -2.15. The molecule has 0 aliphatic carbocycles. The van der Waals surface area contributed by atoms with E-state index in [2.05, 4.69) is 38.0 Å². The van der Waals surface area contributed by atoms with Crippen LogP contribution in [0.2, 0.25) is 0 Å². The summed E-state index contributed by atoms with van der Waals surface area (Å²) < 4.78 is 3.02. The Bertz CT molecular complexity index is 1060. The van der Waals surface area contributed by atoms with Crippen LogP contribution >= 0.6 is 27.7 Å². The molecule has 7 heteroatoms. The summed E-state index contributed by atoms with van der Waals surface area (Å²) in [7, 11) is 0. The molecule has 0 radical (unpaired) electrons. The van der Waals surface area contributed by atoms with Gasteiger partial charge in [-0.25, -0.2) is 0 Å². The van der Waals surface area contributed by atoms with E-state index < -0.39 is 0 Å². The molecule has 1 aromatic heterocycles. The molecule has 0 atom stereocenters. The van der Waals surface area contributed by atoms with Crippen LogP contribution in [-0.2, 0) is 11.3 Å². The van der Waals surface area contributed by atoms with E-state index in [4.69, 9.17) is 0 Å². The number of benzene rings is 2. The van der Waals surface area contributed by atoms with Crippen LogP contribution in [0.15, 0.2) is 58.7 Å². The van der Waals surface area contributed by atoms with E-state index in [9.17, 15) is 4.79 Å². The number of hydrogen-bond acceptors (Lipinski definition) is 4. The molecule has 0 saturated heterocycles. The van der Waals surface area contributed by atoms with Gasteiger partial charge in [0.05, 0.1) is 5.75 Å². The maximum atomic E-state index is 12.5. The maximum Gasteiger partial charge on any atom is 0.234 e. The van der Waals surface area contributed by atoms with E-state index in [0.717, 1.165) is 38.2 Å². The first kappa shape index (κ1) is 21.3. The van der Waals surface area contributed by atoms with Gasteiger partial charge in [-0.1, -0.05) is 58.0 Å². The minimum atomic E-state index is -0.0783. The van der Waals surface area contributed by atoms with E-state index >= 15 is 0 Å². The van der Waals surface area contributed by atoms with Crippen LogP contribution in [0.4, 0.5) is 5.69 Å². The molecule has 0 aliphatic heterocycles. The molecule has 1 heterocycles. The molecule has 0 unspecified atom stereocenters. The Labute approximate surface area is 183 Å². The van der Waals surface area contributed by atoms with Gasteiger partial charge in [-0.3, -0.25) is 9.36 Å². The van der Waals surface area contributed by atoms with Crippen molar-refractivity contribution in [2.45, 2.75) is 32.5 Å². The van der Waals surface area contributed by atoms with E-state index in [1.165, 1.54) is 11.8 Å². The van der Waals surface area contributed by atoms with Crippen molar-refractivity contribution in [3.05, 3.63) is 70.2 Å². The lowest BCUT2D eigenvalue weighted by molar-refractivity contribution is -0.113. The second-order valence-electron chi connectivity index (χ2n) is 6.70. The predicted molar refractivity (Wildman–Crippen MR) is 123 cm³/mol. The molecule has 150 valence electrons. The average molecular weight is 471 g/mol. The smallest absolute Gasteiger partial charge is 0.234 e. The summed E-state index contributed by atoms with van der Waals surface area (Å²) in [6, 6.07) is 11.9. The van der Waals surface area contributed by atoms with Crippen molar-refractivity contribution in [1.29, 1.82) is 0 Å². The molecule has 0 saturated carbocycles. The highest BCUT2D eigenvalue weighted by atomic mass is 79.9. The number of carbonyl (C=O) groups excluding carboxylic acids is 1. The fourth-order valence-corrected chi connectivity index (χ4v) is 4.13. The first-order valence-corrected chi connectivity index (χ1v) is 11.0. The summed E-state index contributed by atoms with van der Waals surface area (Å²) in [5.41, 5.74) is 5.14. The Hall–Kier alpha value is -2.38. The summed E-state index contributed by atoms with van der Waals surface area (Å²) in [4.78, 5) is 12.5. The lowest BCUT2D eigenvalue weighted by Gasteiger charge is -2.12. The Morgan fingerprint density at radius 2 is 1.93 bits per heavy atom. The van der Waals surface area contributed by atoms with Gasteiger partial charge in [-0.2, -0.15) is 0 Å². The summed E-state index contributed by atoms with van der Waals surface area (Å²) in [6.45, 7) is 10.5. The number of thioether (sulfide) groups is 1. The van der Waals surface area contributed by atoms with Crippen molar-refractivity contribution in [2.75, 3.05) is 11.1 Å². The quantitative estimate of drug-likeness (QED) is 0.363. The van der Waals surface area contributed by atoms with Gasteiger partial charge >= 0.3 is 0 Å². The SMILES string of the molecule is C=CCn1c(SCC(=O)Nc2ccc(Br)c(C)c2C)nnc1-c1ccccc1C. The number of nitrogens with zero attached hydrogens (tertiary/aromatic N) is 3. The molecule has 3 rings (SSSR count). The number of allylic oxidation sites excluding steroid dienone is 1. The molecule has 0 bridgehead atoms. The van der Waals surface area contributed by atoms with Crippen LogP contribution in [0.1, 0.15) is 16.7 Å². The second-order valence-corrected chi connectivity index (χ2v) is 8.50. The van der Waals surface area contributed by atoms with Gasteiger partial charge in [0, 0.05) is 22.3 Å². The van der Waals surface area contributed by atoms with Crippen molar-refractivity contribution in [2.24, 2.45) is 0 Å². The van der Waals surface area contributed by atoms with Gasteiger partial charge in [0.2, 0.25) is 5.91 Å². The summed E-state index contributed by atoms with van der Waals surface area (Å²) in [5.74, 6) is 0.952. The minimum absolute atomic E-state index is 0.0783. The lowest BCUT2D eigenvalue weighted by atomic mass is 10.1. The normalized spacial score (nSPS) is 10.8. The molecule has 0 aliphatic rings. The standard InChI is InChI=1S/C22H23BrN4OS/c1-5-12-27-21(17-9-7-6-8-14(17)2)25-26-22(27)29-13-20(28)24-19-11-10-18(23)15(3)16(19)4/h5-11H,1,12-13H2,2-4H3,(H,24,28). The number of rotatable bonds is 7. The number of aryl methyl sites for hydroxylation is 1. The number of anilines is 1. The van der Waals surface area contributed by atoms with Gasteiger partial charge in [-0.15, -0.1) is 16.8 Å². The number of aromatic nitrogens is 3. The summed E-state index contributed by atoms with van der Waals surface area (Å²) in [5, 5.41) is 12.4. The van der Waals surface area contributed by atoms with Crippen LogP contribution < -0.4 is 5.32 Å². The fraction of sp³-hybridized carbons (Fsp3) is 0.227. The topological polar surface area (TPSA) is 59.8 Å². The third kappa shape index (κ3) is 4.79. The van der Waals surface area contributed by atoms with Crippen molar-refractivity contribution in [1.82, 2.24) is 14.8 Å². The Balaban J connectivity index is 1.75. The van der Waals surface area contributed by atoms with E-state index in [1.807, 2.05) is 67.8 Å². The number of carbonyl (C=O) groups is 1. The van der Waals surface area contributed by atoms with Crippen LogP contribution in [0.5, 0.6) is 0 Å². The van der Waals surface area contributed by atoms with Gasteiger partial charge in [0.1, 0.15) is 0 Å². The molecule has 2 aromatic carbocycles. The fourth-order valence-electron chi connectivity index (χ4n) is 2.95. The maximum absolute atomic E-state index is 12.5. The van der Waals surface area contributed by atoms with Crippen molar-refractivity contribution >= 4 is 39.3 Å². The molecule has 0 spiro atoms. The first-order valence-electron chi connectivity index (χ1n) is 9.20. The molecule has 29 heavy (non-hydrogen) atoms. The highest BCUT2D eigenvalue weighted by Crippen LogP contribution is 2.28. The van der Waals surface area contributed by atoms with Gasteiger partial charge in [-0.05, 0) is 49.6 Å². The molecule has 0 fully saturated rings. The number of nitrogens with one attached hydrogen (secondary N) is 1. The van der Waals surface area contributed by atoms with Crippen LogP contribution in [0.25, 0.3) is 11.4 Å². The van der Waals surface area contributed by atoms with Gasteiger partial charge in [0.25, 0.3) is 0 Å². The largest absolute Gasteiger partial charge is 0.325 e. The van der Waals surface area contributed by atoms with E-state index in [0.29, 0.717) is 11.7 Å². The molecular formula is C22H23BrN4OS. The van der Waals surface area contributed by atoms with Crippen LogP contribution in [0.3, 0.4) is 0 Å². The first-order chi connectivity index (χ1) is 13.9. The summed E-state index contributed by atoms with van der Waals surface area (Å²) in [6.07, 6.45) is 1.81. The molecule has 5 nitrogen and oxygen atoms in total. The monoisotopic (exact) mass is 470 g/mol. The molecule has 1 N–H and O–H groups in total. The molecule has 3 aromatic rings. The summed E-state index contributed by atoms with van der Waals surface area (Å²) >= 11 is 4.88. The third-order valence-electron chi connectivity index (χ3n) is 4.74. The average Bonchev–Trinajstić information content (AvgIpc) is 3.10. The van der Waals surface area contributed by atoms with E-state index in [1.54, 1.807) is 0 Å². The zero-order chi connectivity index (χ0) is 21.0. The number of hydrogen-bond donors (Lipinski definition) is 1. The van der Waals surface area contributed by atoms with E-state index in [-0.39, 0.29) is 11.7 Å². The van der Waals surface area contributed by atoms with Crippen molar-refractivity contribution in [3.63, 3.8) is 0 Å². The third-order valence-corrected chi connectivity index (χ3v) is 6.57.